The molecule has 5 heteroatoms. The lowest BCUT2D eigenvalue weighted by Crippen LogP contribution is -2.34. The van der Waals surface area contributed by atoms with Crippen LogP contribution in [0, 0.1) is 0 Å². The number of para-hydroxylation sites is 1. The van der Waals surface area contributed by atoms with Crippen LogP contribution in [0.25, 0.3) is 0 Å². The van der Waals surface area contributed by atoms with Gasteiger partial charge in [0.2, 0.25) is 0 Å². The fourth-order valence-corrected chi connectivity index (χ4v) is 1.52. The van der Waals surface area contributed by atoms with Gasteiger partial charge in [0.15, 0.2) is 0 Å². The second-order valence-corrected chi connectivity index (χ2v) is 4.30. The first-order chi connectivity index (χ1) is 8.49. The van der Waals surface area contributed by atoms with E-state index in [2.05, 4.69) is 10.6 Å². The van der Waals surface area contributed by atoms with Gasteiger partial charge in [0.25, 0.3) is 0 Å². The van der Waals surface area contributed by atoms with Gasteiger partial charge < -0.3 is 15.7 Å². The first-order valence-corrected chi connectivity index (χ1v) is 5.86. The molecule has 0 radical (unpaired) electrons. The minimum absolute atomic E-state index is 0.0461. The molecule has 1 aromatic carbocycles. The van der Waals surface area contributed by atoms with Gasteiger partial charge in [-0.05, 0) is 31.9 Å². The third kappa shape index (κ3) is 4.86. The van der Waals surface area contributed by atoms with Crippen molar-refractivity contribution in [3.05, 3.63) is 29.8 Å². The lowest BCUT2D eigenvalue weighted by Gasteiger charge is -2.13. The van der Waals surface area contributed by atoms with E-state index in [0.29, 0.717) is 12.1 Å². The van der Waals surface area contributed by atoms with Gasteiger partial charge in [0.05, 0.1) is 0 Å². The molecule has 0 aliphatic heterocycles. The van der Waals surface area contributed by atoms with Crippen molar-refractivity contribution >= 4 is 17.7 Å². The summed E-state index contributed by atoms with van der Waals surface area (Å²) in [6.45, 7) is 3.74. The fraction of sp³-hybridized carbons (Fsp3) is 0.385. The van der Waals surface area contributed by atoms with Gasteiger partial charge in [-0.15, -0.1) is 0 Å². The van der Waals surface area contributed by atoms with E-state index in [4.69, 9.17) is 5.11 Å². The normalized spacial score (nSPS) is 10.2. The van der Waals surface area contributed by atoms with Crippen LogP contribution in [-0.4, -0.2) is 23.1 Å². The molecular formula is C13H18N2O3. The van der Waals surface area contributed by atoms with E-state index in [1.165, 1.54) is 0 Å². The number of hydrogen-bond donors (Lipinski definition) is 3. The number of amides is 2. The molecule has 0 unspecified atom stereocenters. The molecule has 5 nitrogen and oxygen atoms in total. The Morgan fingerprint density at radius 3 is 2.56 bits per heavy atom. The number of benzene rings is 1. The Morgan fingerprint density at radius 1 is 1.28 bits per heavy atom. The maximum atomic E-state index is 11.6. The van der Waals surface area contributed by atoms with Crippen LogP contribution in [0.3, 0.4) is 0 Å². The third-order valence-corrected chi connectivity index (χ3v) is 2.29. The molecule has 1 rings (SSSR count). The summed E-state index contributed by atoms with van der Waals surface area (Å²) in [5.74, 6) is -0.851. The van der Waals surface area contributed by atoms with E-state index in [0.717, 1.165) is 5.56 Å². The summed E-state index contributed by atoms with van der Waals surface area (Å²) < 4.78 is 0. The summed E-state index contributed by atoms with van der Waals surface area (Å²) in [6.07, 6.45) is 0.442. The highest BCUT2D eigenvalue weighted by molar-refractivity contribution is 5.90. The van der Waals surface area contributed by atoms with Gasteiger partial charge >= 0.3 is 12.0 Å². The second-order valence-electron chi connectivity index (χ2n) is 4.30. The number of urea groups is 1. The lowest BCUT2D eigenvalue weighted by molar-refractivity contribution is -0.136. The predicted molar refractivity (Wildman–Crippen MR) is 69.7 cm³/mol. The third-order valence-electron chi connectivity index (χ3n) is 2.29. The number of carbonyl (C=O) groups excluding carboxylic acids is 1. The Morgan fingerprint density at radius 2 is 1.94 bits per heavy atom. The first kappa shape index (κ1) is 14.0. The van der Waals surface area contributed by atoms with Crippen molar-refractivity contribution in [2.45, 2.75) is 32.7 Å². The largest absolute Gasteiger partial charge is 0.481 e. The van der Waals surface area contributed by atoms with Crippen molar-refractivity contribution in [3.8, 4) is 0 Å². The van der Waals surface area contributed by atoms with E-state index >= 15 is 0 Å². The molecule has 0 spiro atoms. The summed E-state index contributed by atoms with van der Waals surface area (Å²) in [7, 11) is 0. The fourth-order valence-electron chi connectivity index (χ4n) is 1.52. The Bertz CT molecular complexity index is 430. The van der Waals surface area contributed by atoms with Crippen LogP contribution in [0.1, 0.15) is 25.8 Å². The number of hydrogen-bond acceptors (Lipinski definition) is 2. The molecule has 0 heterocycles. The Balaban J connectivity index is 2.69. The van der Waals surface area contributed by atoms with Crippen molar-refractivity contribution in [1.82, 2.24) is 5.32 Å². The molecule has 0 aromatic heterocycles. The number of carboxylic acids is 1. The summed E-state index contributed by atoms with van der Waals surface area (Å²) >= 11 is 0. The van der Waals surface area contributed by atoms with Gasteiger partial charge in [-0.1, -0.05) is 18.2 Å². The molecule has 0 fully saturated rings. The van der Waals surface area contributed by atoms with E-state index in [9.17, 15) is 9.59 Å². The molecule has 0 saturated heterocycles. The van der Waals surface area contributed by atoms with Crippen molar-refractivity contribution in [1.29, 1.82) is 0 Å². The number of carbonyl (C=O) groups is 2. The molecule has 0 bridgehead atoms. The highest BCUT2D eigenvalue weighted by Gasteiger charge is 2.08. The van der Waals surface area contributed by atoms with Crippen LogP contribution in [-0.2, 0) is 11.2 Å². The summed E-state index contributed by atoms with van der Waals surface area (Å²) in [5, 5.41) is 14.1. The van der Waals surface area contributed by atoms with Crippen LogP contribution < -0.4 is 10.6 Å². The van der Waals surface area contributed by atoms with E-state index in [1.54, 1.807) is 12.1 Å². The predicted octanol–water partition coefficient (Wildman–Crippen LogP) is 2.23. The standard InChI is InChI=1S/C13H18N2O3/c1-9(2)14-13(18)15-11-6-4-3-5-10(11)7-8-12(16)17/h3-6,9H,7-8H2,1-2H3,(H,16,17)(H2,14,15,18). The van der Waals surface area contributed by atoms with Crippen molar-refractivity contribution in [2.75, 3.05) is 5.32 Å². The second kappa shape index (κ2) is 6.64. The molecule has 2 amide bonds. The van der Waals surface area contributed by atoms with Crippen LogP contribution in [0.5, 0.6) is 0 Å². The van der Waals surface area contributed by atoms with Crippen molar-refractivity contribution < 1.29 is 14.7 Å². The number of anilines is 1. The summed E-state index contributed by atoms with van der Waals surface area (Å²) in [4.78, 5) is 22.1. The molecule has 3 N–H and O–H groups in total. The molecule has 0 aliphatic rings. The number of aliphatic carboxylic acids is 1. The SMILES string of the molecule is CC(C)NC(=O)Nc1ccccc1CCC(=O)O. The lowest BCUT2D eigenvalue weighted by atomic mass is 10.1. The van der Waals surface area contributed by atoms with Gasteiger partial charge in [-0.3, -0.25) is 4.79 Å². The molecule has 18 heavy (non-hydrogen) atoms. The maximum absolute atomic E-state index is 11.6. The molecule has 1 aromatic rings. The van der Waals surface area contributed by atoms with Gasteiger partial charge in [0.1, 0.15) is 0 Å². The van der Waals surface area contributed by atoms with E-state index < -0.39 is 5.97 Å². The zero-order valence-electron chi connectivity index (χ0n) is 10.6. The van der Waals surface area contributed by atoms with Crippen LogP contribution >= 0.6 is 0 Å². The summed E-state index contributed by atoms with van der Waals surface area (Å²) in [6, 6.07) is 6.96. The van der Waals surface area contributed by atoms with E-state index in [1.807, 2.05) is 26.0 Å². The number of nitrogens with one attached hydrogen (secondary N) is 2. The summed E-state index contributed by atoms with van der Waals surface area (Å²) in [5.41, 5.74) is 1.47. The van der Waals surface area contributed by atoms with Crippen LogP contribution in [0.15, 0.2) is 24.3 Å². The topological polar surface area (TPSA) is 78.4 Å². The maximum Gasteiger partial charge on any atom is 0.319 e. The van der Waals surface area contributed by atoms with Gasteiger partial charge in [-0.2, -0.15) is 0 Å². The molecule has 0 atom stereocenters. The quantitative estimate of drug-likeness (QED) is 0.749. The molecule has 0 aliphatic carbocycles. The van der Waals surface area contributed by atoms with E-state index in [-0.39, 0.29) is 18.5 Å². The Kier molecular flexibility index (Phi) is 5.17. The first-order valence-electron chi connectivity index (χ1n) is 5.86. The van der Waals surface area contributed by atoms with Crippen LogP contribution in [0.4, 0.5) is 10.5 Å². The zero-order valence-corrected chi connectivity index (χ0v) is 10.6. The van der Waals surface area contributed by atoms with Crippen LogP contribution in [0.2, 0.25) is 0 Å². The highest BCUT2D eigenvalue weighted by atomic mass is 16.4. The smallest absolute Gasteiger partial charge is 0.319 e. The van der Waals surface area contributed by atoms with Crippen molar-refractivity contribution in [2.24, 2.45) is 0 Å². The van der Waals surface area contributed by atoms with Crippen molar-refractivity contribution in [3.63, 3.8) is 0 Å². The average molecular weight is 250 g/mol. The Hall–Kier alpha value is -2.04. The minimum atomic E-state index is -0.851. The van der Waals surface area contributed by atoms with Gasteiger partial charge in [-0.25, -0.2) is 4.79 Å². The molecule has 0 saturated carbocycles. The monoisotopic (exact) mass is 250 g/mol. The minimum Gasteiger partial charge on any atom is -0.481 e. The zero-order chi connectivity index (χ0) is 13.5. The number of aryl methyl sites for hydroxylation is 1. The average Bonchev–Trinajstić information content (AvgIpc) is 2.26. The van der Waals surface area contributed by atoms with Gasteiger partial charge in [0, 0.05) is 18.2 Å². The molecular weight excluding hydrogens is 232 g/mol. The Labute approximate surface area is 106 Å². The molecule has 98 valence electrons. The number of rotatable bonds is 5. The highest BCUT2D eigenvalue weighted by Crippen LogP contribution is 2.16. The number of carboxylic acid groups (broad SMARTS) is 1.